The van der Waals surface area contributed by atoms with Gasteiger partial charge in [0.25, 0.3) is 0 Å². The summed E-state index contributed by atoms with van der Waals surface area (Å²) in [5.41, 5.74) is 4.32. The SMILES string of the molecule is C[C@@H](NC(=O)Nc1cc2c(cn1)c(CO)nn2C(c1ccccc1)(c1ccccc1)c1ccccc1)c1ccccc1. The molecule has 42 heavy (non-hydrogen) atoms. The van der Waals surface area contributed by atoms with E-state index in [0.717, 1.165) is 27.8 Å². The van der Waals surface area contributed by atoms with Crippen molar-refractivity contribution in [2.45, 2.75) is 25.1 Å². The molecule has 2 amide bonds. The van der Waals surface area contributed by atoms with Crippen LogP contribution in [0.15, 0.2) is 134 Å². The minimum Gasteiger partial charge on any atom is -0.390 e. The molecular formula is C35H31N5O2. The van der Waals surface area contributed by atoms with E-state index in [4.69, 9.17) is 5.10 Å². The van der Waals surface area contributed by atoms with Crippen molar-refractivity contribution in [3.63, 3.8) is 0 Å². The molecule has 6 rings (SSSR count). The van der Waals surface area contributed by atoms with Crippen LogP contribution in [0.3, 0.4) is 0 Å². The van der Waals surface area contributed by atoms with E-state index in [1.807, 2.05) is 103 Å². The largest absolute Gasteiger partial charge is 0.390 e. The monoisotopic (exact) mass is 553 g/mol. The molecule has 7 heteroatoms. The van der Waals surface area contributed by atoms with Crippen LogP contribution in [-0.2, 0) is 12.1 Å². The molecule has 0 saturated carbocycles. The van der Waals surface area contributed by atoms with E-state index >= 15 is 0 Å². The van der Waals surface area contributed by atoms with E-state index in [0.29, 0.717) is 16.9 Å². The van der Waals surface area contributed by atoms with Gasteiger partial charge in [-0.1, -0.05) is 121 Å². The molecular weight excluding hydrogens is 522 g/mol. The number of carbonyl (C=O) groups is 1. The maximum absolute atomic E-state index is 13.0. The van der Waals surface area contributed by atoms with Gasteiger partial charge in [-0.05, 0) is 29.2 Å². The number of hydrogen-bond acceptors (Lipinski definition) is 4. The molecule has 7 nitrogen and oxygen atoms in total. The van der Waals surface area contributed by atoms with Gasteiger partial charge < -0.3 is 10.4 Å². The molecule has 3 N–H and O–H groups in total. The molecule has 0 fully saturated rings. The molecule has 6 aromatic rings. The molecule has 2 heterocycles. The van der Waals surface area contributed by atoms with Crippen LogP contribution in [0.1, 0.15) is 40.9 Å². The number of nitrogens with zero attached hydrogens (tertiary/aromatic N) is 3. The highest BCUT2D eigenvalue weighted by Gasteiger charge is 2.41. The number of amides is 2. The number of carbonyl (C=O) groups excluding carboxylic acids is 1. The second-order valence-corrected chi connectivity index (χ2v) is 10.1. The zero-order valence-electron chi connectivity index (χ0n) is 23.2. The molecule has 2 aromatic heterocycles. The highest BCUT2D eigenvalue weighted by atomic mass is 16.3. The molecule has 0 aliphatic heterocycles. The van der Waals surface area contributed by atoms with Gasteiger partial charge in [-0.25, -0.2) is 14.5 Å². The minimum atomic E-state index is -0.891. The summed E-state index contributed by atoms with van der Waals surface area (Å²) < 4.78 is 1.95. The van der Waals surface area contributed by atoms with Gasteiger partial charge in [0.15, 0.2) is 0 Å². The Morgan fingerprint density at radius 1 is 0.810 bits per heavy atom. The molecule has 0 saturated heterocycles. The Bertz CT molecular complexity index is 1690. The van der Waals surface area contributed by atoms with E-state index in [9.17, 15) is 9.90 Å². The van der Waals surface area contributed by atoms with Gasteiger partial charge in [0.1, 0.15) is 11.4 Å². The Labute approximate surface area is 244 Å². The molecule has 0 radical (unpaired) electrons. The molecule has 1 atom stereocenters. The number of pyridine rings is 1. The predicted octanol–water partition coefficient (Wildman–Crippen LogP) is 6.65. The fourth-order valence-electron chi connectivity index (χ4n) is 5.59. The maximum Gasteiger partial charge on any atom is 0.320 e. The van der Waals surface area contributed by atoms with Gasteiger partial charge in [-0.2, -0.15) is 5.10 Å². The van der Waals surface area contributed by atoms with Gasteiger partial charge in [0.05, 0.1) is 23.9 Å². The number of nitrogens with one attached hydrogen (secondary N) is 2. The van der Waals surface area contributed by atoms with E-state index in [1.165, 1.54) is 0 Å². The molecule has 4 aromatic carbocycles. The van der Waals surface area contributed by atoms with Crippen LogP contribution >= 0.6 is 0 Å². The van der Waals surface area contributed by atoms with E-state index < -0.39 is 5.54 Å². The van der Waals surface area contributed by atoms with Crippen molar-refractivity contribution in [3.8, 4) is 0 Å². The molecule has 0 spiro atoms. The second-order valence-electron chi connectivity index (χ2n) is 10.1. The quantitative estimate of drug-likeness (QED) is 0.184. The number of urea groups is 1. The van der Waals surface area contributed by atoms with Gasteiger partial charge in [-0.3, -0.25) is 5.32 Å². The zero-order valence-corrected chi connectivity index (χ0v) is 23.2. The first-order valence-electron chi connectivity index (χ1n) is 13.9. The van der Waals surface area contributed by atoms with Gasteiger partial charge >= 0.3 is 6.03 Å². The van der Waals surface area contributed by atoms with Gasteiger partial charge in [0.2, 0.25) is 0 Å². The number of aliphatic hydroxyl groups excluding tert-OH is 1. The molecule has 0 aliphatic rings. The third-order valence-electron chi connectivity index (χ3n) is 7.57. The molecule has 0 bridgehead atoms. The lowest BCUT2D eigenvalue weighted by atomic mass is 9.77. The van der Waals surface area contributed by atoms with Crippen LogP contribution in [0.4, 0.5) is 10.6 Å². The summed E-state index contributed by atoms with van der Waals surface area (Å²) in [5, 5.41) is 22.0. The number of aliphatic hydroxyl groups is 1. The molecule has 0 unspecified atom stereocenters. The summed E-state index contributed by atoms with van der Waals surface area (Å²) in [4.78, 5) is 17.5. The Morgan fingerprint density at radius 3 is 1.81 bits per heavy atom. The van der Waals surface area contributed by atoms with Crippen LogP contribution in [-0.4, -0.2) is 25.9 Å². The van der Waals surface area contributed by atoms with Gasteiger partial charge in [0, 0.05) is 17.6 Å². The van der Waals surface area contributed by atoms with Crippen molar-refractivity contribution in [1.29, 1.82) is 0 Å². The van der Waals surface area contributed by atoms with Crippen LogP contribution in [0.25, 0.3) is 10.9 Å². The topological polar surface area (TPSA) is 92.1 Å². The summed E-state index contributed by atoms with van der Waals surface area (Å²) in [6.45, 7) is 1.67. The van der Waals surface area contributed by atoms with Crippen LogP contribution in [0.5, 0.6) is 0 Å². The van der Waals surface area contributed by atoms with Gasteiger partial charge in [-0.15, -0.1) is 0 Å². The van der Waals surface area contributed by atoms with E-state index in [2.05, 4.69) is 52.0 Å². The zero-order chi connectivity index (χ0) is 28.9. The Balaban J connectivity index is 1.52. The Hall–Kier alpha value is -5.27. The van der Waals surface area contributed by atoms with Crippen LogP contribution in [0, 0.1) is 0 Å². The number of rotatable bonds is 8. The average Bonchev–Trinajstić information content (AvgIpc) is 3.41. The molecule has 208 valence electrons. The van der Waals surface area contributed by atoms with Crippen molar-refractivity contribution >= 4 is 22.8 Å². The van der Waals surface area contributed by atoms with Crippen LogP contribution in [0.2, 0.25) is 0 Å². The van der Waals surface area contributed by atoms with Crippen LogP contribution < -0.4 is 10.6 Å². The van der Waals surface area contributed by atoms with Crippen molar-refractivity contribution < 1.29 is 9.90 Å². The third kappa shape index (κ3) is 4.91. The summed E-state index contributed by atoms with van der Waals surface area (Å²) in [6.07, 6.45) is 1.66. The fourth-order valence-corrected chi connectivity index (χ4v) is 5.59. The van der Waals surface area contributed by atoms with E-state index in [-0.39, 0.29) is 18.7 Å². The normalized spacial score (nSPS) is 12.1. The summed E-state index contributed by atoms with van der Waals surface area (Å²) in [5.74, 6) is 0.369. The lowest BCUT2D eigenvalue weighted by molar-refractivity contribution is 0.249. The first kappa shape index (κ1) is 26.9. The fraction of sp³-hybridized carbons (Fsp3) is 0.114. The first-order chi connectivity index (χ1) is 20.6. The number of fused-ring (bicyclic) bond motifs is 1. The number of aromatic nitrogens is 3. The standard InChI is InChI=1S/C35H31N5O2/c1-25(26-14-6-2-7-15-26)37-34(42)38-33-22-32-30(23-36-33)31(24-41)39-40(32)35(27-16-8-3-9-17-27,28-18-10-4-11-19-28)29-20-12-5-13-21-29/h2-23,25,41H,24H2,1H3,(H2,36,37,38,42)/t25-/m1/s1. The smallest absolute Gasteiger partial charge is 0.320 e. The first-order valence-corrected chi connectivity index (χ1v) is 13.9. The Morgan fingerprint density at radius 2 is 1.31 bits per heavy atom. The maximum atomic E-state index is 13.0. The number of hydrogen-bond donors (Lipinski definition) is 3. The average molecular weight is 554 g/mol. The predicted molar refractivity (Wildman–Crippen MR) is 165 cm³/mol. The van der Waals surface area contributed by atoms with Crippen molar-refractivity contribution in [1.82, 2.24) is 20.1 Å². The van der Waals surface area contributed by atoms with E-state index in [1.54, 1.807) is 6.20 Å². The van der Waals surface area contributed by atoms with Crippen molar-refractivity contribution in [3.05, 3.63) is 162 Å². The summed E-state index contributed by atoms with van der Waals surface area (Å²) in [7, 11) is 0. The number of benzene rings is 4. The minimum absolute atomic E-state index is 0.191. The highest BCUT2D eigenvalue weighted by molar-refractivity contribution is 5.92. The second kappa shape index (κ2) is 11.7. The third-order valence-corrected chi connectivity index (χ3v) is 7.57. The lowest BCUT2D eigenvalue weighted by Crippen LogP contribution is -2.38. The van der Waals surface area contributed by atoms with Crippen molar-refractivity contribution in [2.75, 3.05) is 5.32 Å². The van der Waals surface area contributed by atoms with Crippen molar-refractivity contribution in [2.24, 2.45) is 0 Å². The summed E-state index contributed by atoms with van der Waals surface area (Å²) >= 11 is 0. The lowest BCUT2D eigenvalue weighted by Gasteiger charge is -2.37. The Kier molecular flexibility index (Phi) is 7.49. The highest BCUT2D eigenvalue weighted by Crippen LogP contribution is 2.42. The molecule has 0 aliphatic carbocycles. The number of anilines is 1. The summed E-state index contributed by atoms with van der Waals surface area (Å²) in [6, 6.07) is 41.6.